The van der Waals surface area contributed by atoms with E-state index in [9.17, 15) is 5.11 Å². The van der Waals surface area contributed by atoms with E-state index in [1.165, 1.54) is 25.7 Å². The van der Waals surface area contributed by atoms with Crippen molar-refractivity contribution in [1.29, 1.82) is 0 Å². The third kappa shape index (κ3) is 3.85. The first-order chi connectivity index (χ1) is 9.38. The Morgan fingerprint density at radius 3 is 2.45 bits per heavy atom. The van der Waals surface area contributed by atoms with Gasteiger partial charge in [-0.2, -0.15) is 0 Å². The maximum Gasteiger partial charge on any atom is 0.108 e. The second-order valence-electron chi connectivity index (χ2n) is 7.54. The van der Waals surface area contributed by atoms with Crippen LogP contribution in [-0.2, 0) is 13.5 Å². The quantitative estimate of drug-likeness (QED) is 0.914. The van der Waals surface area contributed by atoms with Gasteiger partial charge in [0, 0.05) is 25.9 Å². The van der Waals surface area contributed by atoms with Gasteiger partial charge in [-0.3, -0.25) is 0 Å². The summed E-state index contributed by atoms with van der Waals surface area (Å²) in [6.45, 7) is 7.03. The minimum absolute atomic E-state index is 0.160. The number of aliphatic hydroxyl groups is 1. The summed E-state index contributed by atoms with van der Waals surface area (Å²) in [7, 11) is 2.02. The van der Waals surface area contributed by atoms with E-state index >= 15 is 0 Å². The number of aromatic nitrogens is 2. The molecule has 1 aromatic heterocycles. The fraction of sp³-hybridized carbons (Fsp3) is 0.824. The molecule has 0 radical (unpaired) electrons. The molecule has 1 unspecified atom stereocenters. The van der Waals surface area contributed by atoms with Crippen molar-refractivity contribution in [3.8, 4) is 0 Å². The summed E-state index contributed by atoms with van der Waals surface area (Å²) < 4.78 is 2.04. The van der Waals surface area contributed by atoms with Crippen molar-refractivity contribution in [3.05, 3.63) is 18.2 Å². The van der Waals surface area contributed by atoms with E-state index < -0.39 is 0 Å². The fourth-order valence-electron chi connectivity index (χ4n) is 3.52. The van der Waals surface area contributed by atoms with Crippen molar-refractivity contribution in [2.45, 2.75) is 65.4 Å². The van der Waals surface area contributed by atoms with Gasteiger partial charge in [0.25, 0.3) is 0 Å². The number of imidazole rings is 1. The Balaban J connectivity index is 1.77. The van der Waals surface area contributed by atoms with Crippen LogP contribution in [0, 0.1) is 17.3 Å². The van der Waals surface area contributed by atoms with Crippen LogP contribution in [0.25, 0.3) is 0 Å². The van der Waals surface area contributed by atoms with Crippen molar-refractivity contribution in [2.75, 3.05) is 0 Å². The molecule has 3 heteroatoms. The summed E-state index contributed by atoms with van der Waals surface area (Å²) in [5.41, 5.74) is 0.420. The van der Waals surface area contributed by atoms with Gasteiger partial charge in [0.1, 0.15) is 5.82 Å². The predicted molar refractivity (Wildman–Crippen MR) is 82.4 cm³/mol. The average molecular weight is 278 g/mol. The van der Waals surface area contributed by atoms with Crippen LogP contribution < -0.4 is 0 Å². The van der Waals surface area contributed by atoms with E-state index in [4.69, 9.17) is 0 Å². The van der Waals surface area contributed by atoms with Crippen molar-refractivity contribution >= 4 is 0 Å². The molecule has 0 amide bonds. The predicted octanol–water partition coefficient (Wildman–Crippen LogP) is 3.57. The monoisotopic (exact) mass is 278 g/mol. The van der Waals surface area contributed by atoms with Crippen LogP contribution in [0.5, 0.6) is 0 Å². The zero-order valence-corrected chi connectivity index (χ0v) is 13.5. The number of hydrogen-bond acceptors (Lipinski definition) is 2. The third-order valence-electron chi connectivity index (χ3n) is 5.13. The molecule has 1 saturated carbocycles. The van der Waals surface area contributed by atoms with Crippen LogP contribution in [0.2, 0.25) is 0 Å². The molecule has 20 heavy (non-hydrogen) atoms. The van der Waals surface area contributed by atoms with Gasteiger partial charge in [-0.15, -0.1) is 0 Å². The van der Waals surface area contributed by atoms with E-state index in [-0.39, 0.29) is 6.10 Å². The molecule has 0 saturated heterocycles. The number of aryl methyl sites for hydroxylation is 2. The van der Waals surface area contributed by atoms with Gasteiger partial charge in [0.2, 0.25) is 0 Å². The molecule has 2 rings (SSSR count). The van der Waals surface area contributed by atoms with Crippen LogP contribution >= 0.6 is 0 Å². The maximum atomic E-state index is 10.4. The zero-order valence-electron chi connectivity index (χ0n) is 13.5. The Morgan fingerprint density at radius 1 is 1.30 bits per heavy atom. The zero-order chi connectivity index (χ0) is 14.8. The van der Waals surface area contributed by atoms with Crippen molar-refractivity contribution < 1.29 is 5.11 Å². The minimum Gasteiger partial charge on any atom is -0.393 e. The standard InChI is InChI=1S/C17H30N2O/c1-17(2,3)14-7-5-13(6-8-14)15(20)9-10-16-18-11-12-19(16)4/h11-15,20H,5-10H2,1-4H3. The highest BCUT2D eigenvalue weighted by Crippen LogP contribution is 2.41. The SMILES string of the molecule is Cn1ccnc1CCC(O)C1CCC(C(C)(C)C)CC1. The molecule has 1 N–H and O–H groups in total. The smallest absolute Gasteiger partial charge is 0.108 e. The summed E-state index contributed by atoms with van der Waals surface area (Å²) in [6.07, 6.45) is 10.3. The highest BCUT2D eigenvalue weighted by atomic mass is 16.3. The second kappa shape index (κ2) is 6.30. The van der Waals surface area contributed by atoms with Gasteiger partial charge in [-0.25, -0.2) is 4.98 Å². The lowest BCUT2D eigenvalue weighted by Gasteiger charge is -2.38. The first-order valence-electron chi connectivity index (χ1n) is 8.02. The van der Waals surface area contributed by atoms with Crippen LogP contribution in [0.4, 0.5) is 0 Å². The maximum absolute atomic E-state index is 10.4. The molecule has 0 aromatic carbocycles. The molecule has 3 nitrogen and oxygen atoms in total. The molecule has 0 bridgehead atoms. The molecule has 0 spiro atoms. The van der Waals surface area contributed by atoms with E-state index in [2.05, 4.69) is 25.8 Å². The van der Waals surface area contributed by atoms with Gasteiger partial charge in [-0.05, 0) is 49.4 Å². The molecule has 1 atom stereocenters. The summed E-state index contributed by atoms with van der Waals surface area (Å²) in [5, 5.41) is 10.4. The Morgan fingerprint density at radius 2 is 1.95 bits per heavy atom. The van der Waals surface area contributed by atoms with Gasteiger partial charge < -0.3 is 9.67 Å². The molecular formula is C17H30N2O. The molecule has 114 valence electrons. The van der Waals surface area contributed by atoms with Crippen molar-refractivity contribution in [2.24, 2.45) is 24.3 Å². The largest absolute Gasteiger partial charge is 0.393 e. The van der Waals surface area contributed by atoms with Crippen LogP contribution in [0.15, 0.2) is 12.4 Å². The average Bonchev–Trinajstić information content (AvgIpc) is 2.81. The summed E-state index contributed by atoms with van der Waals surface area (Å²) in [6, 6.07) is 0. The topological polar surface area (TPSA) is 38.0 Å². The van der Waals surface area contributed by atoms with E-state index in [1.807, 2.05) is 24.0 Å². The number of nitrogens with zero attached hydrogens (tertiary/aromatic N) is 2. The molecule has 1 aromatic rings. The lowest BCUT2D eigenvalue weighted by Crippen LogP contribution is -2.31. The minimum atomic E-state index is -0.160. The van der Waals surface area contributed by atoms with E-state index in [0.29, 0.717) is 11.3 Å². The fourth-order valence-corrected chi connectivity index (χ4v) is 3.52. The van der Waals surface area contributed by atoms with Crippen molar-refractivity contribution in [1.82, 2.24) is 9.55 Å². The van der Waals surface area contributed by atoms with Crippen LogP contribution in [0.3, 0.4) is 0 Å². The summed E-state index contributed by atoms with van der Waals surface area (Å²) >= 11 is 0. The lowest BCUT2D eigenvalue weighted by molar-refractivity contribution is 0.0480. The number of rotatable bonds is 4. The summed E-state index contributed by atoms with van der Waals surface area (Å²) in [4.78, 5) is 4.33. The molecule has 1 fully saturated rings. The molecule has 0 aliphatic heterocycles. The van der Waals surface area contributed by atoms with E-state index in [0.717, 1.165) is 24.6 Å². The Kier molecular flexibility index (Phi) is 4.90. The first kappa shape index (κ1) is 15.6. The second-order valence-corrected chi connectivity index (χ2v) is 7.54. The highest BCUT2D eigenvalue weighted by molar-refractivity contribution is 4.92. The molecule has 1 heterocycles. The highest BCUT2D eigenvalue weighted by Gasteiger charge is 2.32. The Bertz CT molecular complexity index is 411. The first-order valence-corrected chi connectivity index (χ1v) is 8.02. The molecule has 1 aliphatic rings. The third-order valence-corrected chi connectivity index (χ3v) is 5.13. The van der Waals surface area contributed by atoms with Gasteiger partial charge in [-0.1, -0.05) is 20.8 Å². The normalized spacial score (nSPS) is 25.6. The van der Waals surface area contributed by atoms with Gasteiger partial charge in [0.05, 0.1) is 6.10 Å². The Hall–Kier alpha value is -0.830. The summed E-state index contributed by atoms with van der Waals surface area (Å²) in [5.74, 6) is 2.39. The van der Waals surface area contributed by atoms with Crippen LogP contribution in [-0.4, -0.2) is 20.8 Å². The molecule has 1 aliphatic carbocycles. The van der Waals surface area contributed by atoms with Gasteiger partial charge >= 0.3 is 0 Å². The van der Waals surface area contributed by atoms with E-state index in [1.54, 1.807) is 0 Å². The molecular weight excluding hydrogens is 248 g/mol. The Labute approximate surface area is 123 Å². The van der Waals surface area contributed by atoms with Crippen molar-refractivity contribution in [3.63, 3.8) is 0 Å². The lowest BCUT2D eigenvalue weighted by atomic mass is 9.68. The van der Waals surface area contributed by atoms with Gasteiger partial charge in [0.15, 0.2) is 0 Å². The number of hydrogen-bond donors (Lipinski definition) is 1. The van der Waals surface area contributed by atoms with Crippen LogP contribution in [0.1, 0.15) is 58.7 Å². The number of aliphatic hydroxyl groups excluding tert-OH is 1.